The largest absolute Gasteiger partial charge is 0.496 e. The van der Waals surface area contributed by atoms with Crippen molar-refractivity contribution in [3.05, 3.63) is 53.5 Å². The van der Waals surface area contributed by atoms with E-state index >= 15 is 0 Å². The molecule has 8 nitrogen and oxygen atoms in total. The molecular weight excluding hydrogens is 522 g/mol. The van der Waals surface area contributed by atoms with Crippen LogP contribution in [-0.2, 0) is 5.60 Å². The number of hydrogen-bond acceptors (Lipinski definition) is 9. The molecule has 0 bridgehead atoms. The van der Waals surface area contributed by atoms with Crippen LogP contribution in [0.5, 0.6) is 11.5 Å². The summed E-state index contributed by atoms with van der Waals surface area (Å²) in [7, 11) is 5.48. The van der Waals surface area contributed by atoms with Crippen LogP contribution in [0.15, 0.2) is 48.7 Å². The van der Waals surface area contributed by atoms with Gasteiger partial charge in [-0.2, -0.15) is 0 Å². The number of halogens is 1. The van der Waals surface area contributed by atoms with Gasteiger partial charge in [-0.25, -0.2) is 9.97 Å². The van der Waals surface area contributed by atoms with Gasteiger partial charge in [-0.3, -0.25) is 0 Å². The molecule has 5 rings (SSSR count). The molecule has 1 aliphatic heterocycles. The zero-order valence-electron chi connectivity index (χ0n) is 22.3. The summed E-state index contributed by atoms with van der Waals surface area (Å²) in [5.74, 6) is 1.91. The molecule has 0 unspecified atom stereocenters. The standard InChI is InChI=1S/C28H33N5O3S.ClH/c1-28(2,34)26-24(19-8-6-7-9-21(19)35-4)25-23(37-26)17-29-27(31-25)30-20-11-10-18(16-22(20)36-5)33-14-12-32(3)13-15-33;/h6-11,16-17,34H,12-15H2,1-5H3,(H,29,30,31);1H. The fourth-order valence-corrected chi connectivity index (χ4v) is 5.78. The van der Waals surface area contributed by atoms with E-state index in [1.165, 1.54) is 11.3 Å². The molecule has 0 aliphatic carbocycles. The summed E-state index contributed by atoms with van der Waals surface area (Å²) in [5.41, 5.74) is 3.36. The molecular formula is C28H34ClN5O3S. The van der Waals surface area contributed by atoms with Gasteiger partial charge in [0.05, 0.1) is 41.9 Å². The highest BCUT2D eigenvalue weighted by atomic mass is 35.5. The van der Waals surface area contributed by atoms with E-state index < -0.39 is 5.60 Å². The minimum Gasteiger partial charge on any atom is -0.496 e. The third-order valence-electron chi connectivity index (χ3n) is 6.66. The predicted octanol–water partition coefficient (Wildman–Crippen LogP) is 5.52. The number of likely N-dealkylation sites (N-methyl/N-ethyl adjacent to an activating group) is 1. The molecule has 2 aromatic heterocycles. The van der Waals surface area contributed by atoms with Crippen molar-refractivity contribution < 1.29 is 14.6 Å². The number of rotatable bonds is 7. The van der Waals surface area contributed by atoms with E-state index in [1.807, 2.05) is 30.3 Å². The molecule has 4 aromatic rings. The Balaban J connectivity index is 0.00000336. The quantitative estimate of drug-likeness (QED) is 0.308. The Hall–Kier alpha value is -3.11. The Morgan fingerprint density at radius 1 is 1.00 bits per heavy atom. The summed E-state index contributed by atoms with van der Waals surface area (Å²) in [6.07, 6.45) is 1.80. The number of hydrogen-bond donors (Lipinski definition) is 2. The maximum atomic E-state index is 11.0. The lowest BCUT2D eigenvalue weighted by molar-refractivity contribution is 0.0831. The zero-order valence-corrected chi connectivity index (χ0v) is 23.9. The van der Waals surface area contributed by atoms with E-state index in [1.54, 1.807) is 34.3 Å². The Bertz CT molecular complexity index is 1410. The highest BCUT2D eigenvalue weighted by molar-refractivity contribution is 7.19. The molecule has 1 fully saturated rings. The Morgan fingerprint density at radius 2 is 1.71 bits per heavy atom. The van der Waals surface area contributed by atoms with Crippen LogP contribution >= 0.6 is 23.7 Å². The molecule has 3 heterocycles. The lowest BCUT2D eigenvalue weighted by atomic mass is 9.96. The summed E-state index contributed by atoms with van der Waals surface area (Å²) in [5, 5.41) is 14.3. The van der Waals surface area contributed by atoms with Gasteiger partial charge in [-0.1, -0.05) is 18.2 Å². The first kappa shape index (κ1) is 27.9. The maximum Gasteiger partial charge on any atom is 0.227 e. The van der Waals surface area contributed by atoms with Crippen molar-refractivity contribution >= 4 is 51.3 Å². The maximum absolute atomic E-state index is 11.0. The number of methoxy groups -OCH3 is 2. The van der Waals surface area contributed by atoms with Crippen LogP contribution in [0.3, 0.4) is 0 Å². The number of ether oxygens (including phenoxy) is 2. The first-order valence-electron chi connectivity index (χ1n) is 12.3. The SMILES string of the molecule is COc1cc(N2CCN(C)CC2)ccc1Nc1ncc2sc(C(C)(C)O)c(-c3ccccc3OC)c2n1.Cl. The van der Waals surface area contributed by atoms with Gasteiger partial charge in [-0.15, -0.1) is 23.7 Å². The molecule has 10 heteroatoms. The van der Waals surface area contributed by atoms with Crippen molar-refractivity contribution in [2.45, 2.75) is 19.4 Å². The van der Waals surface area contributed by atoms with Gasteiger partial charge >= 0.3 is 0 Å². The lowest BCUT2D eigenvalue weighted by Gasteiger charge is -2.34. The van der Waals surface area contributed by atoms with Crippen molar-refractivity contribution in [1.82, 2.24) is 14.9 Å². The molecule has 0 spiro atoms. The first-order chi connectivity index (χ1) is 17.8. The molecule has 2 aromatic carbocycles. The molecule has 0 amide bonds. The van der Waals surface area contributed by atoms with Crippen LogP contribution < -0.4 is 19.7 Å². The number of aliphatic hydroxyl groups is 1. The summed E-state index contributed by atoms with van der Waals surface area (Å²) in [4.78, 5) is 15.0. The van der Waals surface area contributed by atoms with Gasteiger partial charge in [0.15, 0.2) is 0 Å². The Kier molecular flexibility index (Phi) is 8.32. The van der Waals surface area contributed by atoms with Crippen LogP contribution in [0, 0.1) is 0 Å². The highest BCUT2D eigenvalue weighted by Gasteiger charge is 2.28. The Labute approximate surface area is 233 Å². The third kappa shape index (κ3) is 5.51. The minimum atomic E-state index is -1.06. The number of thiophene rings is 1. The molecule has 38 heavy (non-hydrogen) atoms. The summed E-state index contributed by atoms with van der Waals surface area (Å²) < 4.78 is 12.3. The van der Waals surface area contributed by atoms with E-state index in [0.717, 1.165) is 75.3 Å². The molecule has 0 radical (unpaired) electrons. The van der Waals surface area contributed by atoms with Gasteiger partial charge < -0.3 is 29.7 Å². The first-order valence-corrected chi connectivity index (χ1v) is 13.1. The second kappa shape index (κ2) is 11.3. The molecule has 2 N–H and O–H groups in total. The van der Waals surface area contributed by atoms with Crippen molar-refractivity contribution in [2.75, 3.05) is 57.7 Å². The highest BCUT2D eigenvalue weighted by Crippen LogP contribution is 2.46. The second-order valence-corrected chi connectivity index (χ2v) is 10.8. The van der Waals surface area contributed by atoms with E-state index in [-0.39, 0.29) is 12.4 Å². The van der Waals surface area contributed by atoms with Gasteiger partial charge in [0.1, 0.15) is 11.5 Å². The smallest absolute Gasteiger partial charge is 0.227 e. The normalized spacial score (nSPS) is 14.3. The molecule has 1 aliphatic rings. The topological polar surface area (TPSA) is 83.0 Å². The van der Waals surface area contributed by atoms with Gasteiger partial charge in [0, 0.05) is 53.9 Å². The average Bonchev–Trinajstić information content (AvgIpc) is 3.29. The van der Waals surface area contributed by atoms with Crippen molar-refractivity contribution in [1.29, 1.82) is 0 Å². The summed E-state index contributed by atoms with van der Waals surface area (Å²) in [6, 6.07) is 14.0. The van der Waals surface area contributed by atoms with Crippen molar-refractivity contribution in [3.63, 3.8) is 0 Å². The van der Waals surface area contributed by atoms with Crippen LogP contribution in [0.1, 0.15) is 18.7 Å². The second-order valence-electron chi connectivity index (χ2n) is 9.77. The molecule has 1 saturated heterocycles. The van der Waals surface area contributed by atoms with Crippen LogP contribution in [0.4, 0.5) is 17.3 Å². The van der Waals surface area contributed by atoms with Gasteiger partial charge in [0.2, 0.25) is 5.95 Å². The Morgan fingerprint density at radius 3 is 2.39 bits per heavy atom. The zero-order chi connectivity index (χ0) is 26.2. The van der Waals surface area contributed by atoms with Crippen molar-refractivity contribution in [3.8, 4) is 22.6 Å². The number of anilines is 3. The number of piperazine rings is 1. The number of nitrogens with zero attached hydrogens (tertiary/aromatic N) is 4. The van der Waals surface area contributed by atoms with E-state index in [2.05, 4.69) is 39.3 Å². The number of aromatic nitrogens is 2. The number of benzene rings is 2. The summed E-state index contributed by atoms with van der Waals surface area (Å²) in [6.45, 7) is 7.63. The number of para-hydroxylation sites is 1. The van der Waals surface area contributed by atoms with Crippen molar-refractivity contribution in [2.24, 2.45) is 0 Å². The van der Waals surface area contributed by atoms with Gasteiger partial charge in [0.25, 0.3) is 0 Å². The average molecular weight is 556 g/mol. The van der Waals surface area contributed by atoms with Crippen LogP contribution in [-0.4, -0.2) is 67.4 Å². The fourth-order valence-electron chi connectivity index (χ4n) is 4.65. The molecule has 0 atom stereocenters. The molecule has 202 valence electrons. The van der Waals surface area contributed by atoms with Gasteiger partial charge in [-0.05, 0) is 39.1 Å². The van der Waals surface area contributed by atoms with E-state index in [0.29, 0.717) is 5.95 Å². The van der Waals surface area contributed by atoms with E-state index in [9.17, 15) is 5.11 Å². The lowest BCUT2D eigenvalue weighted by Crippen LogP contribution is -2.44. The summed E-state index contributed by atoms with van der Waals surface area (Å²) >= 11 is 1.49. The number of nitrogens with one attached hydrogen (secondary N) is 1. The monoisotopic (exact) mass is 555 g/mol. The van der Waals surface area contributed by atoms with Crippen LogP contribution in [0.25, 0.3) is 21.3 Å². The number of fused-ring (bicyclic) bond motifs is 1. The minimum absolute atomic E-state index is 0. The third-order valence-corrected chi connectivity index (χ3v) is 8.09. The fraction of sp³-hybridized carbons (Fsp3) is 0.357. The molecule has 0 saturated carbocycles. The van der Waals surface area contributed by atoms with E-state index in [4.69, 9.17) is 14.5 Å². The predicted molar refractivity (Wildman–Crippen MR) is 158 cm³/mol. The van der Waals surface area contributed by atoms with Crippen LogP contribution in [0.2, 0.25) is 0 Å².